The Bertz CT molecular complexity index is 1180. The molecule has 0 N–H and O–H groups in total. The Labute approximate surface area is 276 Å². The Morgan fingerprint density at radius 3 is 0.696 bits per heavy atom. The van der Waals surface area contributed by atoms with Crippen molar-refractivity contribution in [1.29, 1.82) is 31.6 Å². The summed E-state index contributed by atoms with van der Waals surface area (Å²) in [5, 5.41) is 76.5. The normalized spacial score (nSPS) is 15.3. The third kappa shape index (κ3) is 21.4. The minimum Gasteiger partial charge on any atom is -0.379 e. The molecule has 14 heteroatoms. The van der Waals surface area contributed by atoms with Gasteiger partial charge in [-0.2, -0.15) is 62.3 Å². The van der Waals surface area contributed by atoms with Crippen molar-refractivity contribution in [1.82, 2.24) is 0 Å². The maximum absolute atomic E-state index is 9.43. The van der Waals surface area contributed by atoms with Gasteiger partial charge in [-0.25, -0.2) is 0 Å². The van der Waals surface area contributed by atoms with Gasteiger partial charge in [-0.1, -0.05) is 0 Å². The molecule has 0 spiro atoms. The molecule has 0 heterocycles. The highest BCUT2D eigenvalue weighted by Crippen LogP contribution is 2.30. The number of nitrogens with zero attached hydrogens (tertiary/aromatic N) is 12. The molecule has 0 aliphatic carbocycles. The van der Waals surface area contributed by atoms with Crippen LogP contribution in [-0.4, -0.2) is 58.7 Å². The predicted molar refractivity (Wildman–Crippen MR) is 173 cm³/mol. The Balaban J connectivity index is -0.000000654. The number of hydrogen-bond acceptors (Lipinski definition) is 14. The van der Waals surface area contributed by atoms with E-state index in [4.69, 9.17) is 30.5 Å². The fourth-order valence-corrected chi connectivity index (χ4v) is 2.81. The number of nitriles is 6. The molecule has 0 aromatic rings. The van der Waals surface area contributed by atoms with E-state index >= 15 is 0 Å². The van der Waals surface area contributed by atoms with Gasteiger partial charge in [-0.15, -0.1) is 0 Å². The molecule has 0 amide bonds. The molecule has 0 aromatic heterocycles. The van der Waals surface area contributed by atoms with Crippen LogP contribution in [0, 0.1) is 68.0 Å². The Kier molecular flexibility index (Phi) is 18.0. The van der Waals surface area contributed by atoms with E-state index in [1.54, 1.807) is 83.5 Å². The molecule has 46 heavy (non-hydrogen) atoms. The van der Waals surface area contributed by atoms with E-state index in [2.05, 4.69) is 42.8 Å². The van der Waals surface area contributed by atoms with Gasteiger partial charge in [-0.05, 0) is 96.9 Å². The second-order valence-corrected chi connectivity index (χ2v) is 14.3. The summed E-state index contributed by atoms with van der Waals surface area (Å²) in [6.07, 6.45) is 0.761. The summed E-state index contributed by atoms with van der Waals surface area (Å²) in [5.74, 6) is 0. The van der Waals surface area contributed by atoms with Crippen molar-refractivity contribution in [3.8, 4) is 36.4 Å². The van der Waals surface area contributed by atoms with Gasteiger partial charge in [0.25, 0.3) is 0 Å². The lowest BCUT2D eigenvalue weighted by molar-refractivity contribution is 0.000704. The molecule has 2 unspecified atom stereocenters. The van der Waals surface area contributed by atoms with Gasteiger partial charge in [-0.3, -0.25) is 0 Å². The smallest absolute Gasteiger partial charge is 0.167 e. The van der Waals surface area contributed by atoms with Crippen LogP contribution in [0.3, 0.4) is 0 Å². The zero-order chi connectivity index (χ0) is 37.3. The van der Waals surface area contributed by atoms with Gasteiger partial charge in [0, 0.05) is 27.1 Å². The van der Waals surface area contributed by atoms with Crippen LogP contribution in [0.25, 0.3) is 0 Å². The molecule has 0 radical (unpaired) electrons. The van der Waals surface area contributed by atoms with Crippen LogP contribution in [-0.2, 0) is 9.47 Å². The quantitative estimate of drug-likeness (QED) is 0.192. The van der Waals surface area contributed by atoms with Crippen molar-refractivity contribution in [2.24, 2.45) is 30.7 Å². The van der Waals surface area contributed by atoms with E-state index in [-0.39, 0.29) is 0 Å². The first-order valence-corrected chi connectivity index (χ1v) is 14.4. The molecule has 0 saturated carbocycles. The van der Waals surface area contributed by atoms with Crippen LogP contribution < -0.4 is 0 Å². The molecule has 14 nitrogen and oxygen atoms in total. The molecule has 0 aliphatic rings. The lowest BCUT2D eigenvalue weighted by atomic mass is 9.88. The fourth-order valence-electron chi connectivity index (χ4n) is 2.81. The summed E-state index contributed by atoms with van der Waals surface area (Å²) in [6, 6.07) is 12.2. The second-order valence-electron chi connectivity index (χ2n) is 14.3. The van der Waals surface area contributed by atoms with Crippen LogP contribution >= 0.6 is 0 Å². The number of azo groups is 3. The highest BCUT2D eigenvalue weighted by molar-refractivity contribution is 5.10. The van der Waals surface area contributed by atoms with Crippen LogP contribution in [0.15, 0.2) is 30.7 Å². The second kappa shape index (κ2) is 18.0. The number of rotatable bonds is 12. The summed E-state index contributed by atoms with van der Waals surface area (Å²) >= 11 is 0. The lowest BCUT2D eigenvalue weighted by Gasteiger charge is -2.31. The zero-order valence-electron chi connectivity index (χ0n) is 30.6. The first kappa shape index (κ1) is 46.1. The largest absolute Gasteiger partial charge is 0.379 e. The first-order chi connectivity index (χ1) is 20.5. The number of methoxy groups -OCH3 is 2. The topological polar surface area (TPSA) is 235 Å². The average molecular weight is 637 g/mol. The van der Waals surface area contributed by atoms with Crippen LogP contribution in [0.2, 0.25) is 0 Å². The van der Waals surface area contributed by atoms with Crippen molar-refractivity contribution in [3.63, 3.8) is 0 Å². The van der Waals surface area contributed by atoms with Gasteiger partial charge in [0.1, 0.15) is 0 Å². The molecule has 2 atom stereocenters. The van der Waals surface area contributed by atoms with E-state index in [9.17, 15) is 10.5 Å². The van der Waals surface area contributed by atoms with Crippen LogP contribution in [0.1, 0.15) is 110 Å². The van der Waals surface area contributed by atoms with Crippen molar-refractivity contribution in [2.45, 2.75) is 154 Å². The molecule has 0 aliphatic heterocycles. The molecule has 0 bridgehead atoms. The number of hydrogen-bond donors (Lipinski definition) is 0. The van der Waals surface area contributed by atoms with E-state index in [0.29, 0.717) is 12.8 Å². The molecule has 0 aromatic carbocycles. The van der Waals surface area contributed by atoms with Crippen molar-refractivity contribution < 1.29 is 9.47 Å². The van der Waals surface area contributed by atoms with Gasteiger partial charge in [0.15, 0.2) is 33.2 Å². The van der Waals surface area contributed by atoms with Crippen molar-refractivity contribution >= 4 is 0 Å². The third-order valence-electron chi connectivity index (χ3n) is 5.81. The maximum Gasteiger partial charge on any atom is 0.167 e. The molecule has 0 saturated heterocycles. The predicted octanol–water partition coefficient (Wildman–Crippen LogP) is 7.72. The molecular formula is C32H52N12O2. The SMILES string of the molecule is CC(C)(C#N)N=NC(C)(C)C#N.CC(C)(C#N)N=NC(C)(C)C#N.COC(C)(C)CC(C)(C#N)N=NC(C)(C#N)CC(C)(C)OC. The average Bonchev–Trinajstić information content (AvgIpc) is 2.98. The van der Waals surface area contributed by atoms with Gasteiger partial charge in [0.2, 0.25) is 0 Å². The van der Waals surface area contributed by atoms with Gasteiger partial charge in [0.05, 0.1) is 47.6 Å². The highest BCUT2D eigenvalue weighted by atomic mass is 16.5. The zero-order valence-corrected chi connectivity index (χ0v) is 30.6. The summed E-state index contributed by atoms with van der Waals surface area (Å²) in [6.45, 7) is 24.1. The summed E-state index contributed by atoms with van der Waals surface area (Å²) in [4.78, 5) is 0. The van der Waals surface area contributed by atoms with Gasteiger partial charge < -0.3 is 9.47 Å². The Morgan fingerprint density at radius 2 is 0.565 bits per heavy atom. The van der Waals surface area contributed by atoms with Crippen LogP contribution in [0.5, 0.6) is 0 Å². The summed E-state index contributed by atoms with van der Waals surface area (Å²) in [5.41, 5.74) is -6.45. The number of ether oxygens (including phenoxy) is 2. The minimum atomic E-state index is -1.05. The first-order valence-electron chi connectivity index (χ1n) is 14.4. The Hall–Kier alpha value is -4.34. The van der Waals surface area contributed by atoms with Gasteiger partial charge >= 0.3 is 0 Å². The third-order valence-corrected chi connectivity index (χ3v) is 5.81. The fraction of sp³-hybridized carbons (Fsp3) is 0.812. The molecule has 0 fully saturated rings. The van der Waals surface area contributed by atoms with E-state index in [1.165, 1.54) is 0 Å². The summed E-state index contributed by atoms with van der Waals surface area (Å²) in [7, 11) is 3.19. The molecular weight excluding hydrogens is 584 g/mol. The minimum absolute atomic E-state index is 0.381. The standard InChI is InChI=1S/C16H28N4O2.2C8H12N4/c1-13(2,21-7)9-15(5,11-17)19-20-16(6,12-18)10-14(3,4)22-8;2*1-7(2,5-9)11-12-8(3,4)6-10/h9-10H2,1-8H3;2*1-4H3. The summed E-state index contributed by atoms with van der Waals surface area (Å²) < 4.78 is 10.7. The van der Waals surface area contributed by atoms with Crippen LogP contribution in [0.4, 0.5) is 0 Å². The van der Waals surface area contributed by atoms with Crippen molar-refractivity contribution in [2.75, 3.05) is 14.2 Å². The molecule has 252 valence electrons. The Morgan fingerprint density at radius 1 is 0.370 bits per heavy atom. The van der Waals surface area contributed by atoms with E-state index in [1.807, 2.05) is 52.0 Å². The monoisotopic (exact) mass is 636 g/mol. The maximum atomic E-state index is 9.43. The van der Waals surface area contributed by atoms with E-state index < -0.39 is 44.4 Å². The lowest BCUT2D eigenvalue weighted by Crippen LogP contribution is -2.37. The highest BCUT2D eigenvalue weighted by Gasteiger charge is 2.37. The van der Waals surface area contributed by atoms with Crippen molar-refractivity contribution in [3.05, 3.63) is 0 Å². The molecule has 0 rings (SSSR count). The van der Waals surface area contributed by atoms with E-state index in [0.717, 1.165) is 0 Å².